The van der Waals surface area contributed by atoms with E-state index in [0.29, 0.717) is 5.69 Å². The molecule has 0 heterocycles. The number of nitrogens with zero attached hydrogens (tertiary/aromatic N) is 1. The van der Waals surface area contributed by atoms with E-state index < -0.39 is 0 Å². The Morgan fingerprint density at radius 3 is 2.63 bits per heavy atom. The van der Waals surface area contributed by atoms with Crippen LogP contribution in [0.4, 0.5) is 11.4 Å². The number of benzene rings is 1. The Labute approximate surface area is 116 Å². The molecule has 0 fully saturated rings. The molecule has 0 bridgehead atoms. The van der Waals surface area contributed by atoms with Crippen molar-refractivity contribution in [2.24, 2.45) is 0 Å². The molecule has 0 spiro atoms. The summed E-state index contributed by atoms with van der Waals surface area (Å²) in [6.07, 6.45) is 3.06. The number of ether oxygens (including phenoxy) is 1. The zero-order valence-corrected chi connectivity index (χ0v) is 12.2. The summed E-state index contributed by atoms with van der Waals surface area (Å²) in [5, 5.41) is 8.76. The molecule has 0 aliphatic rings. The maximum Gasteiger partial charge on any atom is 0.144 e. The van der Waals surface area contributed by atoms with Crippen LogP contribution in [-0.2, 0) is 0 Å². The van der Waals surface area contributed by atoms with E-state index >= 15 is 0 Å². The van der Waals surface area contributed by atoms with Gasteiger partial charge in [0.2, 0.25) is 0 Å². The average Bonchev–Trinajstić information content (AvgIpc) is 2.36. The first-order chi connectivity index (χ1) is 9.06. The van der Waals surface area contributed by atoms with E-state index in [2.05, 4.69) is 4.90 Å². The van der Waals surface area contributed by atoms with Crippen LogP contribution >= 0.6 is 0 Å². The molecule has 0 saturated heterocycles. The predicted molar refractivity (Wildman–Crippen MR) is 80.8 cm³/mol. The summed E-state index contributed by atoms with van der Waals surface area (Å²) >= 11 is 0. The summed E-state index contributed by atoms with van der Waals surface area (Å²) in [6, 6.07) is 5.88. The van der Waals surface area contributed by atoms with Gasteiger partial charge in [-0.25, -0.2) is 0 Å². The second-order valence-electron chi connectivity index (χ2n) is 5.06. The molecule has 0 amide bonds. The minimum atomic E-state index is 0.118. The summed E-state index contributed by atoms with van der Waals surface area (Å²) in [5.74, 6) is 0.745. The molecule has 0 aliphatic heterocycles. The summed E-state index contributed by atoms with van der Waals surface area (Å²) in [4.78, 5) is 2.14. The standard InChI is InChI=1S/C15H26N2O2/c1-12(2)19-14-9-7-8-13(15(14)16)17(3)10-5-4-6-11-18/h7-9,12,18H,4-6,10-11,16H2,1-3H3. The number of para-hydroxylation sites is 1. The number of aliphatic hydroxyl groups excluding tert-OH is 1. The van der Waals surface area contributed by atoms with E-state index in [9.17, 15) is 0 Å². The van der Waals surface area contributed by atoms with Gasteiger partial charge in [0.25, 0.3) is 0 Å². The fourth-order valence-corrected chi connectivity index (χ4v) is 1.98. The Kier molecular flexibility index (Phi) is 6.50. The lowest BCUT2D eigenvalue weighted by Gasteiger charge is -2.23. The highest BCUT2D eigenvalue weighted by atomic mass is 16.5. The van der Waals surface area contributed by atoms with Gasteiger partial charge in [-0.05, 0) is 45.2 Å². The van der Waals surface area contributed by atoms with Gasteiger partial charge in [0.1, 0.15) is 5.75 Å². The lowest BCUT2D eigenvalue weighted by atomic mass is 10.2. The largest absolute Gasteiger partial charge is 0.489 e. The van der Waals surface area contributed by atoms with Crippen LogP contribution in [0, 0.1) is 0 Å². The van der Waals surface area contributed by atoms with Crippen molar-refractivity contribution in [1.29, 1.82) is 0 Å². The number of aliphatic hydroxyl groups is 1. The third kappa shape index (κ3) is 4.99. The number of hydrogen-bond acceptors (Lipinski definition) is 4. The molecule has 1 aromatic carbocycles. The summed E-state index contributed by atoms with van der Waals surface area (Å²) in [7, 11) is 2.03. The van der Waals surface area contributed by atoms with Gasteiger partial charge in [-0.15, -0.1) is 0 Å². The zero-order valence-electron chi connectivity index (χ0n) is 12.2. The fraction of sp³-hybridized carbons (Fsp3) is 0.600. The molecular weight excluding hydrogens is 240 g/mol. The molecule has 4 nitrogen and oxygen atoms in total. The zero-order chi connectivity index (χ0) is 14.3. The Balaban J connectivity index is 2.66. The number of unbranched alkanes of at least 4 members (excludes halogenated alkanes) is 2. The SMILES string of the molecule is CC(C)Oc1cccc(N(C)CCCCCO)c1N. The number of nitrogen functional groups attached to an aromatic ring is 1. The van der Waals surface area contributed by atoms with Crippen molar-refractivity contribution in [3.63, 3.8) is 0 Å². The van der Waals surface area contributed by atoms with Crippen molar-refractivity contribution < 1.29 is 9.84 Å². The summed E-state index contributed by atoms with van der Waals surface area (Å²) in [5.41, 5.74) is 7.85. The highest BCUT2D eigenvalue weighted by molar-refractivity contribution is 5.73. The van der Waals surface area contributed by atoms with Gasteiger partial charge in [0.05, 0.1) is 17.5 Å². The second kappa shape index (κ2) is 7.89. The van der Waals surface area contributed by atoms with Gasteiger partial charge in [-0.3, -0.25) is 0 Å². The average molecular weight is 266 g/mol. The van der Waals surface area contributed by atoms with E-state index in [1.54, 1.807) is 0 Å². The highest BCUT2D eigenvalue weighted by Crippen LogP contribution is 2.32. The minimum Gasteiger partial charge on any atom is -0.489 e. The van der Waals surface area contributed by atoms with Gasteiger partial charge in [-0.2, -0.15) is 0 Å². The molecule has 3 N–H and O–H groups in total. The van der Waals surface area contributed by atoms with Crippen LogP contribution in [0.3, 0.4) is 0 Å². The van der Waals surface area contributed by atoms with Gasteiger partial charge < -0.3 is 20.5 Å². The van der Waals surface area contributed by atoms with Crippen molar-refractivity contribution in [3.05, 3.63) is 18.2 Å². The first-order valence-electron chi connectivity index (χ1n) is 6.93. The number of nitrogens with two attached hydrogens (primary N) is 1. The topological polar surface area (TPSA) is 58.7 Å². The molecular formula is C15H26N2O2. The molecule has 1 rings (SSSR count). The van der Waals surface area contributed by atoms with E-state index in [0.717, 1.165) is 37.2 Å². The summed E-state index contributed by atoms with van der Waals surface area (Å²) in [6.45, 7) is 5.17. The lowest BCUT2D eigenvalue weighted by molar-refractivity contribution is 0.244. The van der Waals surface area contributed by atoms with E-state index in [1.165, 1.54) is 0 Å². The summed E-state index contributed by atoms with van der Waals surface area (Å²) < 4.78 is 5.69. The smallest absolute Gasteiger partial charge is 0.144 e. The van der Waals surface area contributed by atoms with Gasteiger partial charge >= 0.3 is 0 Å². The Bertz CT molecular complexity index is 380. The quantitative estimate of drug-likeness (QED) is 0.561. The molecule has 108 valence electrons. The van der Waals surface area contributed by atoms with Crippen molar-refractivity contribution in [2.75, 3.05) is 30.8 Å². The van der Waals surface area contributed by atoms with Crippen LogP contribution in [0.15, 0.2) is 18.2 Å². The molecule has 0 radical (unpaired) electrons. The van der Waals surface area contributed by atoms with Crippen LogP contribution in [0.25, 0.3) is 0 Å². The van der Waals surface area contributed by atoms with E-state index in [4.69, 9.17) is 15.6 Å². The van der Waals surface area contributed by atoms with Crippen LogP contribution in [0.5, 0.6) is 5.75 Å². The number of anilines is 2. The fourth-order valence-electron chi connectivity index (χ4n) is 1.98. The van der Waals surface area contributed by atoms with Crippen LogP contribution in [0.2, 0.25) is 0 Å². The first kappa shape index (κ1) is 15.6. The third-order valence-electron chi connectivity index (χ3n) is 2.97. The predicted octanol–water partition coefficient (Wildman–Crippen LogP) is 2.65. The molecule has 0 atom stereocenters. The first-order valence-corrected chi connectivity index (χ1v) is 6.93. The number of hydrogen-bond donors (Lipinski definition) is 2. The van der Waals surface area contributed by atoms with Crippen molar-refractivity contribution >= 4 is 11.4 Å². The highest BCUT2D eigenvalue weighted by Gasteiger charge is 2.10. The van der Waals surface area contributed by atoms with Crippen LogP contribution in [-0.4, -0.2) is 31.4 Å². The molecule has 19 heavy (non-hydrogen) atoms. The van der Waals surface area contributed by atoms with Crippen molar-refractivity contribution in [1.82, 2.24) is 0 Å². The van der Waals surface area contributed by atoms with E-state index in [-0.39, 0.29) is 12.7 Å². The monoisotopic (exact) mass is 266 g/mol. The second-order valence-corrected chi connectivity index (χ2v) is 5.06. The molecule has 0 unspecified atom stereocenters. The normalized spacial score (nSPS) is 10.8. The van der Waals surface area contributed by atoms with Crippen LogP contribution in [0.1, 0.15) is 33.1 Å². The van der Waals surface area contributed by atoms with Crippen molar-refractivity contribution in [3.8, 4) is 5.75 Å². The maximum absolute atomic E-state index is 8.76. The maximum atomic E-state index is 8.76. The molecule has 0 saturated carbocycles. The Morgan fingerprint density at radius 1 is 1.26 bits per heavy atom. The molecule has 0 aromatic heterocycles. The van der Waals surface area contributed by atoms with Gasteiger partial charge in [0.15, 0.2) is 0 Å². The Hall–Kier alpha value is -1.42. The lowest BCUT2D eigenvalue weighted by Crippen LogP contribution is -2.20. The van der Waals surface area contributed by atoms with E-state index in [1.807, 2.05) is 39.1 Å². The van der Waals surface area contributed by atoms with Gasteiger partial charge in [-0.1, -0.05) is 6.07 Å². The van der Waals surface area contributed by atoms with Crippen molar-refractivity contribution in [2.45, 2.75) is 39.2 Å². The Morgan fingerprint density at radius 2 is 2.00 bits per heavy atom. The van der Waals surface area contributed by atoms with Crippen LogP contribution < -0.4 is 15.4 Å². The van der Waals surface area contributed by atoms with Gasteiger partial charge in [0, 0.05) is 20.2 Å². The molecule has 1 aromatic rings. The number of rotatable bonds is 8. The molecule has 4 heteroatoms. The third-order valence-corrected chi connectivity index (χ3v) is 2.97. The molecule has 0 aliphatic carbocycles. The minimum absolute atomic E-state index is 0.118.